The first-order valence-electron chi connectivity index (χ1n) is 8.56. The standard InChI is InChI=1S/C16H31N5O2.HI/c1-14(22)20-10-8-19(9-11-20)7-5-18-16(17-2)21-6-4-15(12-21)13-23-3;/h15H,4-13H2,1-3H3,(H,17,18);1H. The molecule has 140 valence electrons. The minimum atomic E-state index is 0. The lowest BCUT2D eigenvalue weighted by atomic mass is 10.1. The van der Waals surface area contributed by atoms with E-state index in [4.69, 9.17) is 4.74 Å². The molecule has 1 atom stereocenters. The van der Waals surface area contributed by atoms with Crippen molar-refractivity contribution in [3.63, 3.8) is 0 Å². The van der Waals surface area contributed by atoms with E-state index in [0.717, 1.165) is 64.9 Å². The van der Waals surface area contributed by atoms with E-state index in [1.54, 1.807) is 14.0 Å². The van der Waals surface area contributed by atoms with E-state index in [-0.39, 0.29) is 29.9 Å². The minimum absolute atomic E-state index is 0. The van der Waals surface area contributed by atoms with Gasteiger partial charge in [0.2, 0.25) is 5.91 Å². The molecule has 7 nitrogen and oxygen atoms in total. The van der Waals surface area contributed by atoms with Crippen molar-refractivity contribution < 1.29 is 9.53 Å². The number of hydrogen-bond acceptors (Lipinski definition) is 4. The Morgan fingerprint density at radius 1 is 1.21 bits per heavy atom. The molecule has 2 rings (SSSR count). The number of aliphatic imine (C=N–C) groups is 1. The van der Waals surface area contributed by atoms with Crippen molar-refractivity contribution in [2.24, 2.45) is 10.9 Å². The van der Waals surface area contributed by atoms with Gasteiger partial charge in [0.15, 0.2) is 5.96 Å². The number of carbonyl (C=O) groups excluding carboxylic acids is 1. The van der Waals surface area contributed by atoms with Gasteiger partial charge in [0, 0.05) is 79.4 Å². The summed E-state index contributed by atoms with van der Waals surface area (Å²) in [4.78, 5) is 22.4. The minimum Gasteiger partial charge on any atom is -0.384 e. The zero-order valence-corrected chi connectivity index (χ0v) is 17.5. The van der Waals surface area contributed by atoms with Crippen LogP contribution in [0.1, 0.15) is 13.3 Å². The van der Waals surface area contributed by atoms with Crippen LogP contribution < -0.4 is 5.32 Å². The Bertz CT molecular complexity index is 413. The molecule has 0 saturated carbocycles. The van der Waals surface area contributed by atoms with Crippen molar-refractivity contribution >= 4 is 35.8 Å². The summed E-state index contributed by atoms with van der Waals surface area (Å²) >= 11 is 0. The smallest absolute Gasteiger partial charge is 0.219 e. The highest BCUT2D eigenvalue weighted by molar-refractivity contribution is 14.0. The summed E-state index contributed by atoms with van der Waals surface area (Å²) in [6.45, 7) is 10.0. The fraction of sp³-hybridized carbons (Fsp3) is 0.875. The lowest BCUT2D eigenvalue weighted by molar-refractivity contribution is -0.130. The predicted molar refractivity (Wildman–Crippen MR) is 107 cm³/mol. The molecule has 2 fully saturated rings. The maximum atomic E-state index is 11.3. The molecule has 0 spiro atoms. The number of hydrogen-bond donors (Lipinski definition) is 1. The van der Waals surface area contributed by atoms with E-state index < -0.39 is 0 Å². The summed E-state index contributed by atoms with van der Waals surface area (Å²) in [6, 6.07) is 0. The average Bonchev–Trinajstić information content (AvgIpc) is 3.01. The summed E-state index contributed by atoms with van der Waals surface area (Å²) in [7, 11) is 3.61. The molecule has 1 amide bonds. The molecule has 1 unspecified atom stereocenters. The second-order valence-corrected chi connectivity index (χ2v) is 6.38. The third kappa shape index (κ3) is 6.36. The van der Waals surface area contributed by atoms with Crippen molar-refractivity contribution in [2.45, 2.75) is 13.3 Å². The van der Waals surface area contributed by atoms with Crippen LogP contribution in [-0.4, -0.2) is 99.7 Å². The number of carbonyl (C=O) groups is 1. The number of halogens is 1. The molecule has 2 aliphatic heterocycles. The summed E-state index contributed by atoms with van der Waals surface area (Å²) < 4.78 is 5.25. The van der Waals surface area contributed by atoms with Gasteiger partial charge < -0.3 is 19.9 Å². The van der Waals surface area contributed by atoms with Gasteiger partial charge in [-0.05, 0) is 6.42 Å². The van der Waals surface area contributed by atoms with Gasteiger partial charge in [-0.25, -0.2) is 0 Å². The van der Waals surface area contributed by atoms with E-state index in [1.165, 1.54) is 6.42 Å². The van der Waals surface area contributed by atoms with Gasteiger partial charge >= 0.3 is 0 Å². The lowest BCUT2D eigenvalue weighted by Crippen LogP contribution is -2.50. The van der Waals surface area contributed by atoms with Gasteiger partial charge in [-0.1, -0.05) is 0 Å². The molecule has 1 N–H and O–H groups in total. The van der Waals surface area contributed by atoms with Gasteiger partial charge in [-0.3, -0.25) is 14.7 Å². The second-order valence-electron chi connectivity index (χ2n) is 6.38. The first-order valence-corrected chi connectivity index (χ1v) is 8.56. The number of guanidine groups is 1. The first kappa shape index (κ1) is 21.4. The Balaban J connectivity index is 0.00000288. The number of rotatable bonds is 5. The SMILES string of the molecule is CN=C(NCCN1CCN(C(C)=O)CC1)N1CCC(COC)C1.I. The van der Waals surface area contributed by atoms with E-state index in [9.17, 15) is 4.79 Å². The van der Waals surface area contributed by atoms with Crippen molar-refractivity contribution in [3.8, 4) is 0 Å². The quantitative estimate of drug-likeness (QED) is 0.369. The third-order valence-corrected chi connectivity index (χ3v) is 4.73. The van der Waals surface area contributed by atoms with Crippen LogP contribution in [0, 0.1) is 5.92 Å². The number of nitrogens with one attached hydrogen (secondary N) is 1. The number of nitrogens with zero attached hydrogens (tertiary/aromatic N) is 4. The largest absolute Gasteiger partial charge is 0.384 e. The summed E-state index contributed by atoms with van der Waals surface area (Å²) in [5, 5.41) is 3.47. The topological polar surface area (TPSA) is 60.4 Å². The van der Waals surface area contributed by atoms with Crippen LogP contribution in [0.2, 0.25) is 0 Å². The van der Waals surface area contributed by atoms with Crippen LogP contribution in [0.4, 0.5) is 0 Å². The fourth-order valence-electron chi connectivity index (χ4n) is 3.34. The van der Waals surface area contributed by atoms with Crippen molar-refractivity contribution in [3.05, 3.63) is 0 Å². The molecule has 0 aromatic rings. The van der Waals surface area contributed by atoms with Gasteiger partial charge in [0.05, 0.1) is 6.61 Å². The molecule has 24 heavy (non-hydrogen) atoms. The molecule has 0 aromatic heterocycles. The van der Waals surface area contributed by atoms with Crippen LogP contribution in [0.3, 0.4) is 0 Å². The molecule has 0 aromatic carbocycles. The van der Waals surface area contributed by atoms with Crippen molar-refractivity contribution in [1.29, 1.82) is 0 Å². The highest BCUT2D eigenvalue weighted by Crippen LogP contribution is 2.16. The van der Waals surface area contributed by atoms with Gasteiger partial charge in [-0.15, -0.1) is 24.0 Å². The zero-order valence-electron chi connectivity index (χ0n) is 15.2. The Hall–Kier alpha value is -0.610. The van der Waals surface area contributed by atoms with Crippen LogP contribution >= 0.6 is 24.0 Å². The van der Waals surface area contributed by atoms with Crippen LogP contribution in [-0.2, 0) is 9.53 Å². The van der Waals surface area contributed by atoms with Crippen LogP contribution in [0.5, 0.6) is 0 Å². The van der Waals surface area contributed by atoms with Crippen LogP contribution in [0.25, 0.3) is 0 Å². The Morgan fingerprint density at radius 3 is 2.50 bits per heavy atom. The number of amides is 1. The van der Waals surface area contributed by atoms with E-state index in [2.05, 4.69) is 20.1 Å². The number of likely N-dealkylation sites (tertiary alicyclic amines) is 1. The lowest BCUT2D eigenvalue weighted by Gasteiger charge is -2.34. The maximum absolute atomic E-state index is 11.3. The monoisotopic (exact) mass is 453 g/mol. The molecule has 0 bridgehead atoms. The molecule has 0 aliphatic carbocycles. The van der Waals surface area contributed by atoms with Gasteiger partial charge in [0.1, 0.15) is 0 Å². The molecular weight excluding hydrogens is 421 g/mol. The Labute approximate surface area is 162 Å². The summed E-state index contributed by atoms with van der Waals surface area (Å²) in [5.41, 5.74) is 0. The molecule has 8 heteroatoms. The highest BCUT2D eigenvalue weighted by Gasteiger charge is 2.24. The number of methoxy groups -OCH3 is 1. The van der Waals surface area contributed by atoms with E-state index >= 15 is 0 Å². The van der Waals surface area contributed by atoms with Crippen LogP contribution in [0.15, 0.2) is 4.99 Å². The normalized spacial score (nSPS) is 22.5. The second kappa shape index (κ2) is 11.1. The average molecular weight is 453 g/mol. The molecule has 2 saturated heterocycles. The van der Waals surface area contributed by atoms with E-state index in [0.29, 0.717) is 5.92 Å². The number of ether oxygens (including phenoxy) is 1. The summed E-state index contributed by atoms with van der Waals surface area (Å²) in [6.07, 6.45) is 1.17. The third-order valence-electron chi connectivity index (χ3n) is 4.73. The number of piperazine rings is 1. The first-order chi connectivity index (χ1) is 11.1. The fourth-order valence-corrected chi connectivity index (χ4v) is 3.34. The predicted octanol–water partition coefficient (Wildman–Crippen LogP) is 0.312. The van der Waals surface area contributed by atoms with E-state index in [1.807, 2.05) is 11.9 Å². The molecule has 2 aliphatic rings. The van der Waals surface area contributed by atoms with Gasteiger partial charge in [-0.2, -0.15) is 0 Å². The maximum Gasteiger partial charge on any atom is 0.219 e. The molecule has 2 heterocycles. The molecular formula is C16H32IN5O2. The summed E-state index contributed by atoms with van der Waals surface area (Å²) in [5.74, 6) is 1.78. The Morgan fingerprint density at radius 2 is 1.92 bits per heavy atom. The van der Waals surface area contributed by atoms with Crippen molar-refractivity contribution in [2.75, 3.05) is 73.1 Å². The zero-order chi connectivity index (χ0) is 16.7. The Kier molecular flexibility index (Phi) is 9.91. The molecule has 0 radical (unpaired) electrons. The highest BCUT2D eigenvalue weighted by atomic mass is 127. The van der Waals surface area contributed by atoms with Gasteiger partial charge in [0.25, 0.3) is 0 Å². The van der Waals surface area contributed by atoms with Crippen molar-refractivity contribution in [1.82, 2.24) is 20.0 Å².